The summed E-state index contributed by atoms with van der Waals surface area (Å²) < 4.78 is 7.47. The first kappa shape index (κ1) is 17.5. The van der Waals surface area contributed by atoms with Crippen molar-refractivity contribution in [2.75, 3.05) is 0 Å². The molecule has 4 aromatic rings. The second-order valence-corrected chi connectivity index (χ2v) is 8.79. The molecule has 0 radical (unpaired) electrons. The number of nitrogens with zero attached hydrogens (tertiary/aromatic N) is 3. The molecular weight excluding hydrogens is 394 g/mol. The summed E-state index contributed by atoms with van der Waals surface area (Å²) in [4.78, 5) is 13.2. The molecule has 1 aromatic carbocycles. The Labute approximate surface area is 168 Å². The molecule has 0 amide bonds. The standard InChI is InChI=1S/C20H17N3O3S2/c24-14-5-6-16-12(8-19(25)26-17(16)9-14)11-28-20-22-21-18(23(20)13-3-4-13)10-15-2-1-7-27-15/h1-2,5-9,13,24H,3-4,10-11H2. The molecule has 1 N–H and O–H groups in total. The van der Waals surface area contributed by atoms with E-state index in [0.717, 1.165) is 41.2 Å². The Morgan fingerprint density at radius 2 is 2.14 bits per heavy atom. The fourth-order valence-electron chi connectivity index (χ4n) is 3.28. The second kappa shape index (κ2) is 7.10. The van der Waals surface area contributed by atoms with Gasteiger partial charge in [-0.05, 0) is 42.0 Å². The van der Waals surface area contributed by atoms with E-state index in [4.69, 9.17) is 4.42 Å². The third kappa shape index (κ3) is 3.45. The van der Waals surface area contributed by atoms with Crippen molar-refractivity contribution in [2.24, 2.45) is 0 Å². The van der Waals surface area contributed by atoms with Crippen LogP contribution in [0.2, 0.25) is 0 Å². The van der Waals surface area contributed by atoms with Crippen molar-refractivity contribution in [1.82, 2.24) is 14.8 Å². The highest BCUT2D eigenvalue weighted by molar-refractivity contribution is 7.98. The van der Waals surface area contributed by atoms with Gasteiger partial charge in [-0.25, -0.2) is 4.79 Å². The van der Waals surface area contributed by atoms with Crippen molar-refractivity contribution < 1.29 is 9.52 Å². The molecule has 3 aromatic heterocycles. The van der Waals surface area contributed by atoms with Gasteiger partial charge in [-0.3, -0.25) is 0 Å². The average molecular weight is 412 g/mol. The van der Waals surface area contributed by atoms with E-state index in [9.17, 15) is 9.90 Å². The normalized spacial score (nSPS) is 14.0. The quantitative estimate of drug-likeness (QED) is 0.375. The van der Waals surface area contributed by atoms with Gasteiger partial charge in [0.15, 0.2) is 5.16 Å². The van der Waals surface area contributed by atoms with Crippen molar-refractivity contribution in [3.05, 3.63) is 68.5 Å². The molecule has 0 unspecified atom stereocenters. The minimum Gasteiger partial charge on any atom is -0.508 e. The summed E-state index contributed by atoms with van der Waals surface area (Å²) in [5.74, 6) is 1.65. The van der Waals surface area contributed by atoms with E-state index in [0.29, 0.717) is 17.4 Å². The van der Waals surface area contributed by atoms with E-state index in [1.165, 1.54) is 17.0 Å². The molecule has 3 heterocycles. The van der Waals surface area contributed by atoms with Crippen LogP contribution in [0.3, 0.4) is 0 Å². The number of hydrogen-bond donors (Lipinski definition) is 1. The first-order chi connectivity index (χ1) is 13.7. The summed E-state index contributed by atoms with van der Waals surface area (Å²) in [5.41, 5.74) is 0.835. The number of fused-ring (bicyclic) bond motifs is 1. The molecule has 0 saturated heterocycles. The Kier molecular flexibility index (Phi) is 4.44. The third-order valence-corrected chi connectivity index (χ3v) is 6.60. The number of hydrogen-bond acceptors (Lipinski definition) is 7. The number of benzene rings is 1. The lowest BCUT2D eigenvalue weighted by atomic mass is 10.1. The van der Waals surface area contributed by atoms with Gasteiger partial charge in [0.2, 0.25) is 0 Å². The lowest BCUT2D eigenvalue weighted by Crippen LogP contribution is -2.04. The molecule has 1 aliphatic rings. The van der Waals surface area contributed by atoms with Crippen molar-refractivity contribution in [3.63, 3.8) is 0 Å². The summed E-state index contributed by atoms with van der Waals surface area (Å²) >= 11 is 3.31. The first-order valence-electron chi connectivity index (χ1n) is 9.02. The van der Waals surface area contributed by atoms with E-state index in [1.807, 2.05) is 0 Å². The Hall–Kier alpha value is -2.58. The van der Waals surface area contributed by atoms with Crippen LogP contribution in [0.5, 0.6) is 5.75 Å². The van der Waals surface area contributed by atoms with E-state index in [2.05, 4.69) is 32.3 Å². The molecule has 0 bridgehead atoms. The Morgan fingerprint density at radius 3 is 2.93 bits per heavy atom. The van der Waals surface area contributed by atoms with Crippen LogP contribution < -0.4 is 5.63 Å². The smallest absolute Gasteiger partial charge is 0.336 e. The van der Waals surface area contributed by atoms with Gasteiger partial charge in [-0.2, -0.15) is 0 Å². The highest BCUT2D eigenvalue weighted by Crippen LogP contribution is 2.40. The Morgan fingerprint density at radius 1 is 1.25 bits per heavy atom. The number of aromatic hydroxyl groups is 1. The third-order valence-electron chi connectivity index (χ3n) is 4.73. The first-order valence-corrected chi connectivity index (χ1v) is 10.9. The Bertz CT molecular complexity index is 1190. The van der Waals surface area contributed by atoms with Crippen LogP contribution in [0, 0.1) is 0 Å². The molecular formula is C20H17N3O3S2. The summed E-state index contributed by atoms with van der Waals surface area (Å²) in [6, 6.07) is 11.0. The van der Waals surface area contributed by atoms with Crippen molar-refractivity contribution in [1.29, 1.82) is 0 Å². The minimum absolute atomic E-state index is 0.0761. The van der Waals surface area contributed by atoms with Gasteiger partial charge in [0.1, 0.15) is 17.2 Å². The molecule has 142 valence electrons. The largest absolute Gasteiger partial charge is 0.508 e. The summed E-state index contributed by atoms with van der Waals surface area (Å²) in [5, 5.41) is 22.3. The number of phenolic OH excluding ortho intramolecular Hbond substituents is 1. The van der Waals surface area contributed by atoms with Crippen LogP contribution in [0.1, 0.15) is 35.1 Å². The van der Waals surface area contributed by atoms with Crippen molar-refractivity contribution in [2.45, 2.75) is 36.2 Å². The van der Waals surface area contributed by atoms with Gasteiger partial charge in [-0.1, -0.05) is 17.8 Å². The molecule has 0 spiro atoms. The maximum Gasteiger partial charge on any atom is 0.336 e. The number of thioether (sulfide) groups is 1. The van der Waals surface area contributed by atoms with E-state index < -0.39 is 5.63 Å². The maximum absolute atomic E-state index is 11.9. The van der Waals surface area contributed by atoms with Crippen LogP contribution in [-0.4, -0.2) is 19.9 Å². The summed E-state index contributed by atoms with van der Waals surface area (Å²) in [7, 11) is 0. The van der Waals surface area contributed by atoms with E-state index >= 15 is 0 Å². The van der Waals surface area contributed by atoms with Gasteiger partial charge in [-0.15, -0.1) is 21.5 Å². The van der Waals surface area contributed by atoms with Gasteiger partial charge in [0.05, 0.1) is 0 Å². The number of rotatable bonds is 6. The number of thiophene rings is 1. The van der Waals surface area contributed by atoms with Gasteiger partial charge in [0.25, 0.3) is 0 Å². The zero-order valence-corrected chi connectivity index (χ0v) is 16.5. The molecule has 0 atom stereocenters. The van der Waals surface area contributed by atoms with Crippen LogP contribution in [0.4, 0.5) is 0 Å². The monoisotopic (exact) mass is 411 g/mol. The number of phenols is 1. The topological polar surface area (TPSA) is 81.2 Å². The highest BCUT2D eigenvalue weighted by Gasteiger charge is 2.29. The van der Waals surface area contributed by atoms with Crippen LogP contribution in [-0.2, 0) is 12.2 Å². The molecule has 0 aliphatic heterocycles. The number of aromatic nitrogens is 3. The molecule has 8 heteroatoms. The SMILES string of the molecule is O=c1cc(CSc2nnc(Cc3cccs3)n2C2CC2)c2ccc(O)cc2o1. The van der Waals surface area contributed by atoms with E-state index in [-0.39, 0.29) is 5.75 Å². The molecule has 1 aliphatic carbocycles. The lowest BCUT2D eigenvalue weighted by Gasteiger charge is -2.09. The predicted octanol–water partition coefficient (Wildman–Crippen LogP) is 4.37. The Balaban J connectivity index is 1.44. The molecule has 1 fully saturated rings. The zero-order valence-electron chi connectivity index (χ0n) is 14.9. The van der Waals surface area contributed by atoms with Gasteiger partial charge < -0.3 is 14.1 Å². The molecule has 28 heavy (non-hydrogen) atoms. The maximum atomic E-state index is 11.9. The summed E-state index contributed by atoms with van der Waals surface area (Å²) in [6.45, 7) is 0. The summed E-state index contributed by atoms with van der Waals surface area (Å²) in [6.07, 6.45) is 3.10. The molecule has 1 saturated carbocycles. The van der Waals surface area contributed by atoms with Crippen LogP contribution >= 0.6 is 23.1 Å². The van der Waals surface area contributed by atoms with Crippen molar-refractivity contribution >= 4 is 34.1 Å². The van der Waals surface area contributed by atoms with Crippen LogP contribution in [0.25, 0.3) is 11.0 Å². The highest BCUT2D eigenvalue weighted by atomic mass is 32.2. The molecule has 6 nitrogen and oxygen atoms in total. The molecule has 5 rings (SSSR count). The van der Waals surface area contributed by atoms with E-state index in [1.54, 1.807) is 35.2 Å². The average Bonchev–Trinajstić information content (AvgIpc) is 3.22. The van der Waals surface area contributed by atoms with Gasteiger partial charge >= 0.3 is 5.63 Å². The fraction of sp³-hybridized carbons (Fsp3) is 0.250. The predicted molar refractivity (Wildman–Crippen MR) is 109 cm³/mol. The minimum atomic E-state index is -0.421. The second-order valence-electron chi connectivity index (χ2n) is 6.82. The fourth-order valence-corrected chi connectivity index (χ4v) is 4.99. The van der Waals surface area contributed by atoms with Crippen LogP contribution in [0.15, 0.2) is 56.1 Å². The van der Waals surface area contributed by atoms with Crippen molar-refractivity contribution in [3.8, 4) is 5.75 Å². The van der Waals surface area contributed by atoms with Gasteiger partial charge in [0, 0.05) is 40.6 Å². The zero-order chi connectivity index (χ0) is 19.1. The lowest BCUT2D eigenvalue weighted by molar-refractivity contribution is 0.473.